The van der Waals surface area contributed by atoms with E-state index >= 15 is 0 Å². The van der Waals surface area contributed by atoms with Gasteiger partial charge < -0.3 is 5.32 Å². The standard InChI is InChI=1S/C13H19N3O4S/c1-13(14-2)7-9-15(10-8-13)21(19,20)12-5-3-11(4-6-12)16(17)18/h3-6,14H,7-10H2,1-2H3. The van der Waals surface area contributed by atoms with E-state index in [1.165, 1.54) is 28.6 Å². The van der Waals surface area contributed by atoms with Crippen LogP contribution < -0.4 is 5.32 Å². The van der Waals surface area contributed by atoms with Gasteiger partial charge in [-0.15, -0.1) is 0 Å². The summed E-state index contributed by atoms with van der Waals surface area (Å²) < 4.78 is 26.4. The first-order valence-corrected chi connectivity index (χ1v) is 8.16. The van der Waals surface area contributed by atoms with E-state index in [0.29, 0.717) is 13.1 Å². The van der Waals surface area contributed by atoms with Crippen molar-refractivity contribution in [1.29, 1.82) is 0 Å². The summed E-state index contributed by atoms with van der Waals surface area (Å²) in [7, 11) is -1.70. The topological polar surface area (TPSA) is 92.6 Å². The van der Waals surface area contributed by atoms with Crippen molar-refractivity contribution in [3.8, 4) is 0 Å². The van der Waals surface area contributed by atoms with E-state index in [9.17, 15) is 18.5 Å². The van der Waals surface area contributed by atoms with Gasteiger partial charge in [-0.3, -0.25) is 10.1 Å². The first kappa shape index (κ1) is 15.9. The molecule has 8 heteroatoms. The Morgan fingerprint density at radius 2 is 1.76 bits per heavy atom. The van der Waals surface area contributed by atoms with E-state index in [1.807, 2.05) is 7.05 Å². The zero-order valence-electron chi connectivity index (χ0n) is 12.1. The van der Waals surface area contributed by atoms with E-state index in [-0.39, 0.29) is 16.1 Å². The third-order valence-corrected chi connectivity index (χ3v) is 6.03. The monoisotopic (exact) mass is 313 g/mol. The first-order valence-electron chi connectivity index (χ1n) is 6.72. The number of benzene rings is 1. The van der Waals surface area contributed by atoms with Crippen LogP contribution in [0.15, 0.2) is 29.2 Å². The van der Waals surface area contributed by atoms with Gasteiger partial charge in [-0.05, 0) is 38.9 Å². The van der Waals surface area contributed by atoms with E-state index in [4.69, 9.17) is 0 Å². The number of hydrogen-bond donors (Lipinski definition) is 1. The number of nitro benzene ring substituents is 1. The molecule has 21 heavy (non-hydrogen) atoms. The number of piperidine rings is 1. The van der Waals surface area contributed by atoms with Crippen LogP contribution in [0.1, 0.15) is 19.8 Å². The SMILES string of the molecule is CNC1(C)CCN(S(=O)(=O)c2ccc([N+](=O)[O-])cc2)CC1. The summed E-state index contributed by atoms with van der Waals surface area (Å²) in [5.41, 5.74) is -0.156. The van der Waals surface area contributed by atoms with Gasteiger partial charge in [-0.2, -0.15) is 4.31 Å². The second-order valence-corrected chi connectivity index (χ2v) is 7.40. The normalized spacial score (nSPS) is 19.3. The Kier molecular flexibility index (Phi) is 4.31. The Balaban J connectivity index is 2.17. The van der Waals surface area contributed by atoms with E-state index in [1.54, 1.807) is 0 Å². The lowest BCUT2D eigenvalue weighted by Crippen LogP contribution is -2.51. The summed E-state index contributed by atoms with van der Waals surface area (Å²) >= 11 is 0. The summed E-state index contributed by atoms with van der Waals surface area (Å²) in [5.74, 6) is 0. The van der Waals surface area contributed by atoms with Crippen LogP contribution >= 0.6 is 0 Å². The molecule has 0 unspecified atom stereocenters. The quantitative estimate of drug-likeness (QED) is 0.669. The number of nitrogens with one attached hydrogen (secondary N) is 1. The van der Waals surface area contributed by atoms with Crippen LogP contribution in [-0.2, 0) is 10.0 Å². The van der Waals surface area contributed by atoms with Crippen LogP contribution in [0, 0.1) is 10.1 Å². The Morgan fingerprint density at radius 3 is 2.19 bits per heavy atom. The molecule has 1 heterocycles. The average Bonchev–Trinajstić information content (AvgIpc) is 2.48. The average molecular weight is 313 g/mol. The van der Waals surface area contributed by atoms with Crippen molar-refractivity contribution >= 4 is 15.7 Å². The van der Waals surface area contributed by atoms with E-state index in [2.05, 4.69) is 12.2 Å². The van der Waals surface area contributed by atoms with Crippen molar-refractivity contribution in [3.05, 3.63) is 34.4 Å². The molecule has 0 aliphatic carbocycles. The second-order valence-electron chi connectivity index (χ2n) is 5.47. The van der Waals surface area contributed by atoms with Crippen molar-refractivity contribution in [2.75, 3.05) is 20.1 Å². The molecule has 0 amide bonds. The molecule has 0 aromatic heterocycles. The minimum Gasteiger partial charge on any atom is -0.314 e. The molecule has 1 aliphatic heterocycles. The molecule has 0 saturated carbocycles. The highest BCUT2D eigenvalue weighted by molar-refractivity contribution is 7.89. The highest BCUT2D eigenvalue weighted by Gasteiger charge is 2.34. The molecule has 0 atom stereocenters. The maximum atomic E-state index is 12.5. The lowest BCUT2D eigenvalue weighted by molar-refractivity contribution is -0.384. The molecular formula is C13H19N3O4S. The highest BCUT2D eigenvalue weighted by Crippen LogP contribution is 2.26. The molecule has 116 valence electrons. The van der Waals surface area contributed by atoms with Crippen molar-refractivity contribution in [2.24, 2.45) is 0 Å². The lowest BCUT2D eigenvalue weighted by Gasteiger charge is -2.38. The number of nitro groups is 1. The van der Waals surface area contributed by atoms with E-state index < -0.39 is 14.9 Å². The molecule has 1 saturated heterocycles. The predicted octanol–water partition coefficient (Wildman–Crippen LogP) is 1.36. The van der Waals surface area contributed by atoms with Crippen LogP contribution in [0.5, 0.6) is 0 Å². The molecule has 0 radical (unpaired) electrons. The fourth-order valence-corrected chi connectivity index (χ4v) is 3.80. The number of hydrogen-bond acceptors (Lipinski definition) is 5. The highest BCUT2D eigenvalue weighted by atomic mass is 32.2. The van der Waals surface area contributed by atoms with Crippen LogP contribution in [0.3, 0.4) is 0 Å². The number of nitrogens with zero attached hydrogens (tertiary/aromatic N) is 2. The largest absolute Gasteiger partial charge is 0.314 e. The molecule has 0 bridgehead atoms. The minimum atomic E-state index is -3.58. The van der Waals surface area contributed by atoms with E-state index in [0.717, 1.165) is 12.8 Å². The molecule has 1 aromatic rings. The summed E-state index contributed by atoms with van der Waals surface area (Å²) in [6, 6.07) is 5.02. The third-order valence-electron chi connectivity index (χ3n) is 4.11. The zero-order valence-corrected chi connectivity index (χ0v) is 12.9. The Labute approximate surface area is 124 Å². The molecule has 7 nitrogen and oxygen atoms in total. The lowest BCUT2D eigenvalue weighted by atomic mass is 9.91. The van der Waals surface area contributed by atoms with Gasteiger partial charge in [0.1, 0.15) is 0 Å². The van der Waals surface area contributed by atoms with Gasteiger partial charge in [0.25, 0.3) is 5.69 Å². The third kappa shape index (κ3) is 3.22. The number of non-ortho nitro benzene ring substituents is 1. The first-order chi connectivity index (χ1) is 9.78. The van der Waals surface area contributed by atoms with Gasteiger partial charge in [0, 0.05) is 30.8 Å². The molecule has 1 aliphatic rings. The van der Waals surface area contributed by atoms with Crippen LogP contribution in [-0.4, -0.2) is 43.3 Å². The smallest absolute Gasteiger partial charge is 0.269 e. The van der Waals surface area contributed by atoms with Crippen molar-refractivity contribution in [2.45, 2.75) is 30.2 Å². The van der Waals surface area contributed by atoms with Gasteiger partial charge in [-0.1, -0.05) is 0 Å². The maximum absolute atomic E-state index is 12.5. The van der Waals surface area contributed by atoms with Crippen LogP contribution in [0.2, 0.25) is 0 Å². The molecule has 0 spiro atoms. The predicted molar refractivity (Wildman–Crippen MR) is 78.6 cm³/mol. The Morgan fingerprint density at radius 1 is 1.24 bits per heavy atom. The molecule has 2 rings (SSSR count). The Bertz CT molecular complexity index is 619. The minimum absolute atomic E-state index is 0.0402. The van der Waals surface area contributed by atoms with Gasteiger partial charge in [0.05, 0.1) is 9.82 Å². The second kappa shape index (κ2) is 5.70. The summed E-state index contributed by atoms with van der Waals surface area (Å²) in [4.78, 5) is 10.2. The molecular weight excluding hydrogens is 294 g/mol. The zero-order chi connectivity index (χ0) is 15.7. The molecule has 1 aromatic carbocycles. The maximum Gasteiger partial charge on any atom is 0.269 e. The van der Waals surface area contributed by atoms with Crippen molar-refractivity contribution < 1.29 is 13.3 Å². The summed E-state index contributed by atoms with van der Waals surface area (Å²) in [6.45, 7) is 2.95. The van der Waals surface area contributed by atoms with Crippen LogP contribution in [0.4, 0.5) is 5.69 Å². The van der Waals surface area contributed by atoms with Crippen molar-refractivity contribution in [1.82, 2.24) is 9.62 Å². The van der Waals surface area contributed by atoms with Gasteiger partial charge in [0.2, 0.25) is 10.0 Å². The number of sulfonamides is 1. The summed E-state index contributed by atoms with van der Waals surface area (Å²) in [6.07, 6.45) is 1.46. The fourth-order valence-electron chi connectivity index (χ4n) is 2.36. The molecule has 1 fully saturated rings. The van der Waals surface area contributed by atoms with Gasteiger partial charge >= 0.3 is 0 Å². The van der Waals surface area contributed by atoms with Crippen LogP contribution in [0.25, 0.3) is 0 Å². The fraction of sp³-hybridized carbons (Fsp3) is 0.538. The van der Waals surface area contributed by atoms with Gasteiger partial charge in [0.15, 0.2) is 0 Å². The van der Waals surface area contributed by atoms with Gasteiger partial charge in [-0.25, -0.2) is 8.42 Å². The number of rotatable bonds is 4. The Hall–Kier alpha value is -1.51. The summed E-state index contributed by atoms with van der Waals surface area (Å²) in [5, 5.41) is 13.8. The van der Waals surface area contributed by atoms with Crippen molar-refractivity contribution in [3.63, 3.8) is 0 Å². The molecule has 1 N–H and O–H groups in total.